The second kappa shape index (κ2) is 6.70. The Morgan fingerprint density at radius 2 is 2.10 bits per heavy atom. The van der Waals surface area contributed by atoms with E-state index in [1.54, 1.807) is 0 Å². The highest BCUT2D eigenvalue weighted by Crippen LogP contribution is 2.33. The van der Waals surface area contributed by atoms with Gasteiger partial charge < -0.3 is 11.5 Å². The normalized spacial score (nSPS) is 20.8. The Kier molecular flexibility index (Phi) is 5.18. The molecule has 1 saturated heterocycles. The van der Waals surface area contributed by atoms with Crippen LogP contribution in [0, 0.1) is 12.8 Å². The number of hydrogen-bond donors (Lipinski definition) is 2. The van der Waals surface area contributed by atoms with E-state index in [9.17, 15) is 4.79 Å². The van der Waals surface area contributed by atoms with Gasteiger partial charge in [0.15, 0.2) is 0 Å². The second-order valence-electron chi connectivity index (χ2n) is 5.90. The first-order valence-electron chi connectivity index (χ1n) is 7.31. The van der Waals surface area contributed by atoms with Crippen molar-refractivity contribution in [3.8, 4) is 0 Å². The summed E-state index contributed by atoms with van der Waals surface area (Å²) in [5.41, 5.74) is 11.5. The van der Waals surface area contributed by atoms with E-state index < -0.39 is 0 Å². The lowest BCUT2D eigenvalue weighted by molar-refractivity contribution is -0.119. The van der Waals surface area contributed by atoms with Crippen LogP contribution in [0.2, 0.25) is 0 Å². The molecule has 1 fully saturated rings. The zero-order valence-corrected chi connectivity index (χ0v) is 13.2. The summed E-state index contributed by atoms with van der Waals surface area (Å²) in [6, 6.07) is 4.77. The number of nitrogens with two attached hydrogens (primary N) is 2. The molecule has 0 spiro atoms. The summed E-state index contributed by atoms with van der Waals surface area (Å²) in [6.07, 6.45) is 2.60. The molecule has 20 heavy (non-hydrogen) atoms. The highest BCUT2D eigenvalue weighted by atomic mass is 32.1. The maximum atomic E-state index is 11.0. The van der Waals surface area contributed by atoms with Crippen molar-refractivity contribution >= 4 is 17.2 Å². The fourth-order valence-corrected chi connectivity index (χ4v) is 4.23. The van der Waals surface area contributed by atoms with Gasteiger partial charge in [-0.3, -0.25) is 9.69 Å². The van der Waals surface area contributed by atoms with Crippen LogP contribution in [0.4, 0.5) is 0 Å². The number of piperidine rings is 1. The summed E-state index contributed by atoms with van der Waals surface area (Å²) in [6.45, 7) is 6.21. The van der Waals surface area contributed by atoms with Gasteiger partial charge in [-0.05, 0) is 57.8 Å². The first-order valence-corrected chi connectivity index (χ1v) is 8.13. The first kappa shape index (κ1) is 15.5. The van der Waals surface area contributed by atoms with E-state index >= 15 is 0 Å². The Hall–Kier alpha value is -0.910. The molecule has 2 atom stereocenters. The topological polar surface area (TPSA) is 72.3 Å². The molecule has 4 N–H and O–H groups in total. The van der Waals surface area contributed by atoms with Crippen molar-refractivity contribution in [1.29, 1.82) is 0 Å². The van der Waals surface area contributed by atoms with Crippen molar-refractivity contribution in [2.45, 2.75) is 45.2 Å². The molecule has 0 radical (unpaired) electrons. The number of amides is 1. The van der Waals surface area contributed by atoms with E-state index in [1.165, 1.54) is 9.75 Å². The van der Waals surface area contributed by atoms with Crippen LogP contribution in [-0.4, -0.2) is 29.9 Å². The number of thiophene rings is 1. The minimum Gasteiger partial charge on any atom is -0.370 e. The quantitative estimate of drug-likeness (QED) is 0.873. The van der Waals surface area contributed by atoms with E-state index in [0.717, 1.165) is 25.9 Å². The van der Waals surface area contributed by atoms with Crippen molar-refractivity contribution in [1.82, 2.24) is 4.90 Å². The monoisotopic (exact) mass is 295 g/mol. The summed E-state index contributed by atoms with van der Waals surface area (Å²) in [5, 5.41) is 0. The maximum Gasteiger partial charge on any atom is 0.217 e. The van der Waals surface area contributed by atoms with Gasteiger partial charge in [-0.2, -0.15) is 0 Å². The van der Waals surface area contributed by atoms with Gasteiger partial charge in [0, 0.05) is 22.2 Å². The Morgan fingerprint density at radius 3 is 2.55 bits per heavy atom. The molecule has 2 rings (SSSR count). The molecule has 0 aliphatic carbocycles. The highest BCUT2D eigenvalue weighted by Gasteiger charge is 2.29. The molecule has 4 nitrogen and oxygen atoms in total. The van der Waals surface area contributed by atoms with Crippen LogP contribution < -0.4 is 11.5 Å². The Labute approximate surface area is 125 Å². The van der Waals surface area contributed by atoms with Crippen LogP contribution in [0.25, 0.3) is 0 Å². The van der Waals surface area contributed by atoms with Crippen LogP contribution >= 0.6 is 11.3 Å². The van der Waals surface area contributed by atoms with E-state index in [4.69, 9.17) is 11.5 Å². The molecule has 112 valence electrons. The number of carbonyl (C=O) groups excluding carboxylic acids is 1. The zero-order valence-electron chi connectivity index (χ0n) is 12.3. The van der Waals surface area contributed by atoms with Gasteiger partial charge in [0.1, 0.15) is 0 Å². The number of aryl methyl sites for hydroxylation is 1. The van der Waals surface area contributed by atoms with E-state index in [-0.39, 0.29) is 11.9 Å². The summed E-state index contributed by atoms with van der Waals surface area (Å²) < 4.78 is 0. The molecule has 1 aliphatic heterocycles. The summed E-state index contributed by atoms with van der Waals surface area (Å²) in [7, 11) is 0. The SMILES string of the molecule is Cc1ccc(C(C(C)N)N2CCC(CC(N)=O)CC2)s1. The molecule has 1 aromatic rings. The molecule has 1 aromatic heterocycles. The lowest BCUT2D eigenvalue weighted by Gasteiger charge is -2.38. The Bertz CT molecular complexity index is 450. The Morgan fingerprint density at radius 1 is 1.45 bits per heavy atom. The third-order valence-electron chi connectivity index (χ3n) is 4.08. The Balaban J connectivity index is 2.00. The average Bonchev–Trinajstić information content (AvgIpc) is 2.77. The lowest BCUT2D eigenvalue weighted by Crippen LogP contribution is -2.43. The van der Waals surface area contributed by atoms with Crippen LogP contribution in [0.5, 0.6) is 0 Å². The first-order chi connectivity index (χ1) is 9.47. The predicted molar refractivity (Wildman–Crippen MR) is 83.6 cm³/mol. The van der Waals surface area contributed by atoms with Gasteiger partial charge in [0.25, 0.3) is 0 Å². The molecule has 5 heteroatoms. The molecule has 1 aliphatic rings. The molecule has 0 saturated carbocycles. The van der Waals surface area contributed by atoms with Gasteiger partial charge in [0.05, 0.1) is 6.04 Å². The highest BCUT2D eigenvalue weighted by molar-refractivity contribution is 7.12. The van der Waals surface area contributed by atoms with Crippen molar-refractivity contribution in [3.05, 3.63) is 21.9 Å². The molecule has 0 aromatic carbocycles. The number of nitrogens with zero attached hydrogens (tertiary/aromatic N) is 1. The molecule has 2 unspecified atom stereocenters. The van der Waals surface area contributed by atoms with E-state index in [2.05, 4.69) is 30.9 Å². The fourth-order valence-electron chi connectivity index (χ4n) is 3.10. The molecule has 0 bridgehead atoms. The summed E-state index contributed by atoms with van der Waals surface area (Å²) in [4.78, 5) is 16.2. The van der Waals surface area contributed by atoms with Gasteiger partial charge in [-0.25, -0.2) is 0 Å². The summed E-state index contributed by atoms with van der Waals surface area (Å²) >= 11 is 1.83. The smallest absolute Gasteiger partial charge is 0.217 e. The maximum absolute atomic E-state index is 11.0. The third kappa shape index (κ3) is 3.81. The number of rotatable bonds is 5. The van der Waals surface area contributed by atoms with Crippen LogP contribution in [-0.2, 0) is 4.79 Å². The van der Waals surface area contributed by atoms with Gasteiger partial charge in [-0.15, -0.1) is 11.3 Å². The number of hydrogen-bond acceptors (Lipinski definition) is 4. The molecular weight excluding hydrogens is 270 g/mol. The van der Waals surface area contributed by atoms with E-state index in [1.807, 2.05) is 11.3 Å². The fraction of sp³-hybridized carbons (Fsp3) is 0.667. The van der Waals surface area contributed by atoms with Crippen molar-refractivity contribution in [2.75, 3.05) is 13.1 Å². The van der Waals surface area contributed by atoms with Crippen LogP contribution in [0.15, 0.2) is 12.1 Å². The standard InChI is InChI=1S/C15H25N3OS/c1-10-3-4-13(20-10)15(11(2)16)18-7-5-12(6-8-18)9-14(17)19/h3-4,11-12,15H,5-9,16H2,1-2H3,(H2,17,19). The predicted octanol–water partition coefficient (Wildman–Crippen LogP) is 2.03. The lowest BCUT2D eigenvalue weighted by atomic mass is 9.91. The van der Waals surface area contributed by atoms with Gasteiger partial charge in [0.2, 0.25) is 5.91 Å². The number of primary amides is 1. The molecule has 1 amide bonds. The molecule has 2 heterocycles. The summed E-state index contributed by atoms with van der Waals surface area (Å²) in [5.74, 6) is 0.267. The van der Waals surface area contributed by atoms with Crippen LogP contribution in [0.3, 0.4) is 0 Å². The number of likely N-dealkylation sites (tertiary alicyclic amines) is 1. The van der Waals surface area contributed by atoms with Crippen molar-refractivity contribution in [3.63, 3.8) is 0 Å². The van der Waals surface area contributed by atoms with Crippen LogP contribution in [0.1, 0.15) is 42.0 Å². The van der Waals surface area contributed by atoms with E-state index in [0.29, 0.717) is 18.4 Å². The zero-order chi connectivity index (χ0) is 14.7. The van der Waals surface area contributed by atoms with Crippen molar-refractivity contribution in [2.24, 2.45) is 17.4 Å². The number of carbonyl (C=O) groups is 1. The van der Waals surface area contributed by atoms with Gasteiger partial charge in [-0.1, -0.05) is 0 Å². The minimum absolute atomic E-state index is 0.112. The molecular formula is C15H25N3OS. The largest absolute Gasteiger partial charge is 0.370 e. The third-order valence-corrected chi connectivity index (χ3v) is 5.15. The minimum atomic E-state index is -0.180. The van der Waals surface area contributed by atoms with Crippen molar-refractivity contribution < 1.29 is 4.79 Å². The second-order valence-corrected chi connectivity index (χ2v) is 7.22. The average molecular weight is 295 g/mol. The van der Waals surface area contributed by atoms with Gasteiger partial charge >= 0.3 is 0 Å².